The summed E-state index contributed by atoms with van der Waals surface area (Å²) in [5.74, 6) is -1.18. The van der Waals surface area contributed by atoms with Crippen molar-refractivity contribution in [1.29, 1.82) is 0 Å². The van der Waals surface area contributed by atoms with Crippen LogP contribution in [0.25, 0.3) is 0 Å². The number of aromatic carboxylic acids is 1. The van der Waals surface area contributed by atoms with Gasteiger partial charge in [-0.1, -0.05) is 30.3 Å². The topological polar surface area (TPSA) is 95.5 Å². The number of rotatable bonds is 6. The molecule has 2 aromatic rings. The molecule has 0 fully saturated rings. The van der Waals surface area contributed by atoms with Gasteiger partial charge >= 0.3 is 5.97 Å². The van der Waals surface area contributed by atoms with Crippen LogP contribution in [0.1, 0.15) is 49.7 Å². The molecule has 0 aromatic heterocycles. The second-order valence-electron chi connectivity index (χ2n) is 7.15. The van der Waals surface area contributed by atoms with Gasteiger partial charge < -0.3 is 10.4 Å². The number of hydrogen-bond acceptors (Lipinski definition) is 4. The van der Waals surface area contributed by atoms with Gasteiger partial charge in [0.1, 0.15) is 4.90 Å². The molecule has 0 aliphatic rings. The number of carbonyl (C=O) groups is 1. The SMILES string of the molecule is C[C@H](Nc1ccc(C(=O)O)cc1S(=O)(=O)NC(C)(C)C)c1ccccc1. The minimum absolute atomic E-state index is 0.0859. The maximum Gasteiger partial charge on any atom is 0.335 e. The summed E-state index contributed by atoms with van der Waals surface area (Å²) in [6, 6.07) is 13.5. The maximum absolute atomic E-state index is 12.8. The number of carboxylic acid groups (broad SMARTS) is 1. The molecule has 0 aliphatic carbocycles. The van der Waals surface area contributed by atoms with Crippen LogP contribution in [0.15, 0.2) is 53.4 Å². The molecule has 0 spiro atoms. The van der Waals surface area contributed by atoms with Gasteiger partial charge in [0.25, 0.3) is 0 Å². The van der Waals surface area contributed by atoms with Gasteiger partial charge in [-0.25, -0.2) is 17.9 Å². The van der Waals surface area contributed by atoms with Crippen LogP contribution in [0.5, 0.6) is 0 Å². The lowest BCUT2D eigenvalue weighted by atomic mass is 10.1. The number of carboxylic acids is 1. The zero-order chi connectivity index (χ0) is 19.5. The zero-order valence-electron chi connectivity index (χ0n) is 15.3. The lowest BCUT2D eigenvalue weighted by molar-refractivity contribution is 0.0696. The van der Waals surface area contributed by atoms with E-state index in [4.69, 9.17) is 0 Å². The monoisotopic (exact) mass is 376 g/mol. The molecule has 1 atom stereocenters. The Morgan fingerprint density at radius 1 is 1.08 bits per heavy atom. The molecular weight excluding hydrogens is 352 g/mol. The van der Waals surface area contributed by atoms with Crippen molar-refractivity contribution in [1.82, 2.24) is 4.72 Å². The molecule has 0 bridgehead atoms. The molecule has 26 heavy (non-hydrogen) atoms. The third kappa shape index (κ3) is 5.06. The first kappa shape index (κ1) is 19.9. The Bertz CT molecular complexity index is 888. The molecule has 0 radical (unpaired) electrons. The van der Waals surface area contributed by atoms with Crippen LogP contribution in [0.4, 0.5) is 5.69 Å². The molecule has 0 heterocycles. The van der Waals surface area contributed by atoms with E-state index in [1.54, 1.807) is 20.8 Å². The Hall–Kier alpha value is -2.38. The lowest BCUT2D eigenvalue weighted by Crippen LogP contribution is -2.40. The standard InChI is InChI=1S/C19H24N2O4S/c1-13(14-8-6-5-7-9-14)20-16-11-10-15(18(22)23)12-17(16)26(24,25)21-19(2,3)4/h5-13,20-21H,1-4H3,(H,22,23)/t13-/m0/s1. The van der Waals surface area contributed by atoms with Crippen LogP contribution in [0.2, 0.25) is 0 Å². The number of hydrogen-bond donors (Lipinski definition) is 3. The summed E-state index contributed by atoms with van der Waals surface area (Å²) in [7, 11) is -3.91. The second-order valence-corrected chi connectivity index (χ2v) is 8.80. The molecule has 2 aromatic carbocycles. The first-order valence-electron chi connectivity index (χ1n) is 8.22. The van der Waals surface area contributed by atoms with Crippen LogP contribution < -0.4 is 10.0 Å². The Morgan fingerprint density at radius 3 is 2.23 bits per heavy atom. The fourth-order valence-electron chi connectivity index (χ4n) is 2.51. The molecule has 6 nitrogen and oxygen atoms in total. The van der Waals surface area contributed by atoms with Gasteiger partial charge in [0.05, 0.1) is 11.3 Å². The number of anilines is 1. The molecule has 7 heteroatoms. The molecule has 0 saturated heterocycles. The minimum Gasteiger partial charge on any atom is -0.478 e. The Labute approximate surface area is 154 Å². The van der Waals surface area contributed by atoms with Gasteiger partial charge in [-0.2, -0.15) is 0 Å². The van der Waals surface area contributed by atoms with E-state index < -0.39 is 21.5 Å². The molecular formula is C19H24N2O4S. The molecule has 2 rings (SSSR count). The highest BCUT2D eigenvalue weighted by molar-refractivity contribution is 7.89. The van der Waals surface area contributed by atoms with Gasteiger partial charge in [-0.3, -0.25) is 0 Å². The quantitative estimate of drug-likeness (QED) is 0.715. The molecule has 140 valence electrons. The predicted octanol–water partition coefficient (Wildman–Crippen LogP) is 3.63. The van der Waals surface area contributed by atoms with Crippen LogP contribution >= 0.6 is 0 Å². The summed E-state index contributed by atoms with van der Waals surface area (Å²) in [6.07, 6.45) is 0. The summed E-state index contributed by atoms with van der Waals surface area (Å²) < 4.78 is 28.2. The number of nitrogens with one attached hydrogen (secondary N) is 2. The van der Waals surface area contributed by atoms with Crippen molar-refractivity contribution in [2.75, 3.05) is 5.32 Å². The number of sulfonamides is 1. The third-order valence-corrected chi connectivity index (χ3v) is 5.43. The van der Waals surface area contributed by atoms with Gasteiger partial charge in [0.15, 0.2) is 0 Å². The van der Waals surface area contributed by atoms with Crippen molar-refractivity contribution in [2.45, 2.75) is 44.2 Å². The van der Waals surface area contributed by atoms with Gasteiger partial charge in [0, 0.05) is 11.6 Å². The van der Waals surface area contributed by atoms with Crippen LogP contribution in [0.3, 0.4) is 0 Å². The van der Waals surface area contributed by atoms with E-state index in [9.17, 15) is 18.3 Å². The van der Waals surface area contributed by atoms with E-state index >= 15 is 0 Å². The molecule has 0 unspecified atom stereocenters. The molecule has 0 aliphatic heterocycles. The lowest BCUT2D eigenvalue weighted by Gasteiger charge is -2.23. The van der Waals surface area contributed by atoms with Gasteiger partial charge in [-0.05, 0) is 51.5 Å². The second kappa shape index (κ2) is 7.47. The Balaban J connectivity index is 2.47. The van der Waals surface area contributed by atoms with Crippen molar-refractivity contribution < 1.29 is 18.3 Å². The van der Waals surface area contributed by atoms with Crippen LogP contribution in [0, 0.1) is 0 Å². The average molecular weight is 376 g/mol. The highest BCUT2D eigenvalue weighted by atomic mass is 32.2. The van der Waals surface area contributed by atoms with Gasteiger partial charge in [-0.15, -0.1) is 0 Å². The molecule has 0 amide bonds. The summed E-state index contributed by atoms with van der Waals surface area (Å²) >= 11 is 0. The normalized spacial score (nSPS) is 13.2. The van der Waals surface area contributed by atoms with Gasteiger partial charge in [0.2, 0.25) is 10.0 Å². The first-order chi connectivity index (χ1) is 12.0. The molecule has 3 N–H and O–H groups in total. The fraction of sp³-hybridized carbons (Fsp3) is 0.316. The zero-order valence-corrected chi connectivity index (χ0v) is 16.1. The molecule has 0 saturated carbocycles. The summed E-state index contributed by atoms with van der Waals surface area (Å²) in [6.45, 7) is 7.09. The van der Waals surface area contributed by atoms with Crippen molar-refractivity contribution in [2.24, 2.45) is 0 Å². The van der Waals surface area contributed by atoms with E-state index in [-0.39, 0.29) is 16.5 Å². The predicted molar refractivity (Wildman–Crippen MR) is 102 cm³/mol. The van der Waals surface area contributed by atoms with Crippen molar-refractivity contribution in [3.8, 4) is 0 Å². The van der Waals surface area contributed by atoms with Crippen LogP contribution in [-0.2, 0) is 10.0 Å². The van der Waals surface area contributed by atoms with Crippen molar-refractivity contribution in [3.05, 3.63) is 59.7 Å². The smallest absolute Gasteiger partial charge is 0.335 e. The van der Waals surface area contributed by atoms with E-state index in [0.29, 0.717) is 5.69 Å². The van der Waals surface area contributed by atoms with Crippen LogP contribution in [-0.4, -0.2) is 25.0 Å². The van der Waals surface area contributed by atoms with E-state index in [1.165, 1.54) is 18.2 Å². The van der Waals surface area contributed by atoms with Crippen molar-refractivity contribution in [3.63, 3.8) is 0 Å². The fourth-order valence-corrected chi connectivity index (χ4v) is 4.13. The van der Waals surface area contributed by atoms with E-state index in [2.05, 4.69) is 10.0 Å². The largest absolute Gasteiger partial charge is 0.478 e. The summed E-state index contributed by atoms with van der Waals surface area (Å²) in [4.78, 5) is 11.2. The summed E-state index contributed by atoms with van der Waals surface area (Å²) in [5.41, 5.74) is 0.558. The maximum atomic E-state index is 12.8. The number of benzene rings is 2. The highest BCUT2D eigenvalue weighted by Gasteiger charge is 2.26. The van der Waals surface area contributed by atoms with Crippen molar-refractivity contribution >= 4 is 21.7 Å². The minimum atomic E-state index is -3.91. The first-order valence-corrected chi connectivity index (χ1v) is 9.71. The Morgan fingerprint density at radius 2 is 1.69 bits per heavy atom. The van der Waals surface area contributed by atoms with E-state index in [0.717, 1.165) is 5.56 Å². The Kier molecular flexibility index (Phi) is 5.73. The average Bonchev–Trinajstić information content (AvgIpc) is 2.53. The van der Waals surface area contributed by atoms with E-state index in [1.807, 2.05) is 37.3 Å². The highest BCUT2D eigenvalue weighted by Crippen LogP contribution is 2.28. The third-order valence-electron chi connectivity index (χ3n) is 3.63. The summed E-state index contributed by atoms with van der Waals surface area (Å²) in [5, 5.41) is 12.4.